The minimum Gasteiger partial charge on any atom is -0.383 e. The molecular weight excluding hydrogens is 254 g/mol. The van der Waals surface area contributed by atoms with Crippen LogP contribution in [-0.2, 0) is 11.3 Å². The Kier molecular flexibility index (Phi) is 3.60. The second-order valence-electron chi connectivity index (χ2n) is 3.66. The highest BCUT2D eigenvalue weighted by molar-refractivity contribution is 6.31. The number of methoxy groups -OCH3 is 1. The Morgan fingerprint density at radius 1 is 1.56 bits per heavy atom. The molecule has 5 nitrogen and oxygen atoms in total. The van der Waals surface area contributed by atoms with E-state index in [1.54, 1.807) is 18.2 Å². The van der Waals surface area contributed by atoms with Gasteiger partial charge < -0.3 is 4.74 Å². The molecule has 0 fully saturated rings. The van der Waals surface area contributed by atoms with Gasteiger partial charge in [-0.2, -0.15) is 5.26 Å². The van der Waals surface area contributed by atoms with Gasteiger partial charge in [0.2, 0.25) is 5.82 Å². The fourth-order valence-electron chi connectivity index (χ4n) is 1.67. The van der Waals surface area contributed by atoms with E-state index in [0.717, 1.165) is 0 Å². The third-order valence-corrected chi connectivity index (χ3v) is 2.77. The van der Waals surface area contributed by atoms with Crippen LogP contribution in [0.2, 0.25) is 5.02 Å². The van der Waals surface area contributed by atoms with Gasteiger partial charge >= 0.3 is 0 Å². The smallest absolute Gasteiger partial charge is 0.262 e. The summed E-state index contributed by atoms with van der Waals surface area (Å²) in [5.74, 6) is 0.0619. The van der Waals surface area contributed by atoms with Crippen molar-refractivity contribution in [1.29, 1.82) is 5.26 Å². The molecule has 0 bridgehead atoms. The normalized spacial score (nSPS) is 10.5. The van der Waals surface area contributed by atoms with Crippen molar-refractivity contribution in [3.05, 3.63) is 39.4 Å². The first-order valence-electron chi connectivity index (χ1n) is 5.26. The highest BCUT2D eigenvalue weighted by Crippen LogP contribution is 2.15. The standard InChI is InChI=1S/C12H10ClN3O2/c1-18-5-4-16-11(7-14)15-10-6-8(13)2-3-9(10)12(16)17/h2-3,6H,4-5H2,1H3. The van der Waals surface area contributed by atoms with Gasteiger partial charge in [-0.25, -0.2) is 4.98 Å². The van der Waals surface area contributed by atoms with Crippen LogP contribution in [0.15, 0.2) is 23.0 Å². The van der Waals surface area contributed by atoms with Crippen molar-refractivity contribution in [3.8, 4) is 6.07 Å². The fourth-order valence-corrected chi connectivity index (χ4v) is 1.84. The molecule has 1 aromatic carbocycles. The molecule has 6 heteroatoms. The maximum Gasteiger partial charge on any atom is 0.262 e. The molecule has 2 aromatic rings. The van der Waals surface area contributed by atoms with Crippen LogP contribution in [0, 0.1) is 11.3 Å². The summed E-state index contributed by atoms with van der Waals surface area (Å²) in [6.45, 7) is 0.638. The van der Waals surface area contributed by atoms with Crippen LogP contribution in [0.4, 0.5) is 0 Å². The molecule has 0 unspecified atom stereocenters. The van der Waals surface area contributed by atoms with Crippen molar-refractivity contribution in [2.24, 2.45) is 0 Å². The van der Waals surface area contributed by atoms with Crippen molar-refractivity contribution in [2.75, 3.05) is 13.7 Å². The Morgan fingerprint density at radius 3 is 3.00 bits per heavy atom. The van der Waals surface area contributed by atoms with Crippen LogP contribution in [0.3, 0.4) is 0 Å². The van der Waals surface area contributed by atoms with Crippen molar-refractivity contribution < 1.29 is 4.74 Å². The monoisotopic (exact) mass is 263 g/mol. The molecule has 0 amide bonds. The van der Waals surface area contributed by atoms with Gasteiger partial charge in [0.15, 0.2) is 0 Å². The molecule has 0 N–H and O–H groups in total. The van der Waals surface area contributed by atoms with E-state index in [1.165, 1.54) is 11.7 Å². The highest BCUT2D eigenvalue weighted by atomic mass is 35.5. The number of benzene rings is 1. The van der Waals surface area contributed by atoms with Gasteiger partial charge in [0.05, 0.1) is 24.1 Å². The van der Waals surface area contributed by atoms with Crippen molar-refractivity contribution in [3.63, 3.8) is 0 Å². The minimum atomic E-state index is -0.259. The van der Waals surface area contributed by atoms with Gasteiger partial charge in [-0.05, 0) is 18.2 Å². The molecule has 18 heavy (non-hydrogen) atoms. The summed E-state index contributed by atoms with van der Waals surface area (Å²) >= 11 is 5.84. The molecule has 1 aromatic heterocycles. The molecule has 0 spiro atoms. The summed E-state index contributed by atoms with van der Waals surface area (Å²) in [7, 11) is 1.53. The Bertz CT molecular complexity index is 688. The van der Waals surface area contributed by atoms with Crippen molar-refractivity contribution in [2.45, 2.75) is 6.54 Å². The minimum absolute atomic E-state index is 0.0619. The number of nitrogens with zero attached hydrogens (tertiary/aromatic N) is 3. The molecular formula is C12H10ClN3O2. The molecule has 0 atom stereocenters. The summed E-state index contributed by atoms with van der Waals surface area (Å²) in [6, 6.07) is 6.71. The van der Waals surface area contributed by atoms with Gasteiger partial charge in [0.1, 0.15) is 6.07 Å². The molecule has 0 aliphatic rings. The number of aromatic nitrogens is 2. The first kappa shape index (κ1) is 12.6. The predicted octanol–water partition coefficient (Wildman–Crippen LogP) is 1.57. The third-order valence-electron chi connectivity index (χ3n) is 2.54. The second kappa shape index (κ2) is 5.17. The zero-order valence-electron chi connectivity index (χ0n) is 9.68. The lowest BCUT2D eigenvalue weighted by Crippen LogP contribution is -2.26. The van der Waals surface area contributed by atoms with Gasteiger partial charge in [0, 0.05) is 12.1 Å². The summed E-state index contributed by atoms with van der Waals surface area (Å²) in [6.07, 6.45) is 0. The maximum absolute atomic E-state index is 12.2. The lowest BCUT2D eigenvalue weighted by Gasteiger charge is -2.08. The van der Waals surface area contributed by atoms with Gasteiger partial charge in [-0.15, -0.1) is 0 Å². The Labute approximate surface area is 108 Å². The molecule has 2 rings (SSSR count). The van der Waals surface area contributed by atoms with Crippen molar-refractivity contribution >= 4 is 22.5 Å². The lowest BCUT2D eigenvalue weighted by molar-refractivity contribution is 0.185. The number of halogens is 1. The number of ether oxygens (including phenoxy) is 1. The van der Waals surface area contributed by atoms with E-state index in [2.05, 4.69) is 4.98 Å². The average molecular weight is 264 g/mol. The SMILES string of the molecule is COCCn1c(C#N)nc2cc(Cl)ccc2c1=O. The van der Waals surface area contributed by atoms with Gasteiger partial charge in [-0.1, -0.05) is 11.6 Å². The molecule has 0 aliphatic heterocycles. The fraction of sp³-hybridized carbons (Fsp3) is 0.250. The second-order valence-corrected chi connectivity index (χ2v) is 4.09. The highest BCUT2D eigenvalue weighted by Gasteiger charge is 2.10. The van der Waals surface area contributed by atoms with E-state index in [1.807, 2.05) is 6.07 Å². The van der Waals surface area contributed by atoms with Gasteiger partial charge in [-0.3, -0.25) is 9.36 Å². The zero-order chi connectivity index (χ0) is 13.1. The summed E-state index contributed by atoms with van der Waals surface area (Å²) < 4.78 is 6.22. The van der Waals surface area contributed by atoms with E-state index < -0.39 is 0 Å². The Morgan fingerprint density at radius 2 is 2.33 bits per heavy atom. The Balaban J connectivity index is 2.71. The number of fused-ring (bicyclic) bond motifs is 1. The molecule has 0 aliphatic carbocycles. The first-order valence-corrected chi connectivity index (χ1v) is 5.64. The third kappa shape index (κ3) is 2.21. The van der Waals surface area contributed by atoms with E-state index in [9.17, 15) is 4.79 Å². The first-order chi connectivity index (χ1) is 8.67. The van der Waals surface area contributed by atoms with Crippen LogP contribution >= 0.6 is 11.6 Å². The van der Waals surface area contributed by atoms with E-state index in [4.69, 9.17) is 21.6 Å². The van der Waals surface area contributed by atoms with Crippen LogP contribution in [0.5, 0.6) is 0 Å². The maximum atomic E-state index is 12.2. The van der Waals surface area contributed by atoms with E-state index in [-0.39, 0.29) is 11.4 Å². The topological polar surface area (TPSA) is 67.9 Å². The predicted molar refractivity (Wildman–Crippen MR) is 67.6 cm³/mol. The zero-order valence-corrected chi connectivity index (χ0v) is 10.4. The molecule has 92 valence electrons. The number of rotatable bonds is 3. The molecule has 0 radical (unpaired) electrons. The average Bonchev–Trinajstić information content (AvgIpc) is 2.37. The molecule has 0 saturated carbocycles. The number of hydrogen-bond acceptors (Lipinski definition) is 4. The van der Waals surface area contributed by atoms with Gasteiger partial charge in [0.25, 0.3) is 5.56 Å². The summed E-state index contributed by atoms with van der Waals surface area (Å²) in [5, 5.41) is 9.94. The van der Waals surface area contributed by atoms with Crippen LogP contribution in [-0.4, -0.2) is 23.3 Å². The van der Waals surface area contributed by atoms with Crippen LogP contribution in [0.25, 0.3) is 10.9 Å². The Hall–Kier alpha value is -1.90. The number of nitriles is 1. The van der Waals surface area contributed by atoms with Crippen LogP contribution in [0.1, 0.15) is 5.82 Å². The summed E-state index contributed by atoms with van der Waals surface area (Å²) in [4.78, 5) is 16.3. The molecule has 0 saturated heterocycles. The van der Waals surface area contributed by atoms with Crippen LogP contribution < -0.4 is 5.56 Å². The number of hydrogen-bond donors (Lipinski definition) is 0. The molecule has 1 heterocycles. The quantitative estimate of drug-likeness (QED) is 0.843. The largest absolute Gasteiger partial charge is 0.383 e. The lowest BCUT2D eigenvalue weighted by atomic mass is 10.2. The summed E-state index contributed by atoms with van der Waals surface area (Å²) in [5.41, 5.74) is 0.169. The van der Waals surface area contributed by atoms with Crippen molar-refractivity contribution in [1.82, 2.24) is 9.55 Å². The van der Waals surface area contributed by atoms with E-state index >= 15 is 0 Å². The van der Waals surface area contributed by atoms with E-state index in [0.29, 0.717) is 29.1 Å².